The van der Waals surface area contributed by atoms with Crippen molar-refractivity contribution in [1.82, 2.24) is 4.90 Å². The van der Waals surface area contributed by atoms with Crippen LogP contribution in [0.5, 0.6) is 0 Å². The number of furan rings is 1. The molecule has 0 aliphatic carbocycles. The van der Waals surface area contributed by atoms with Gasteiger partial charge in [0, 0.05) is 18.7 Å². The first-order valence-corrected chi connectivity index (χ1v) is 8.04. The second-order valence-electron chi connectivity index (χ2n) is 5.98. The number of benzene rings is 1. The maximum absolute atomic E-state index is 12.8. The molecule has 2 heterocycles. The monoisotopic (exact) mass is 353 g/mol. The molecule has 1 fully saturated rings. The van der Waals surface area contributed by atoms with Crippen molar-refractivity contribution in [1.29, 1.82) is 0 Å². The molecule has 25 heavy (non-hydrogen) atoms. The maximum Gasteiger partial charge on any atom is 0.416 e. The fraction of sp³-hybridized carbons (Fsp3) is 0.389. The van der Waals surface area contributed by atoms with Crippen molar-refractivity contribution >= 4 is 5.91 Å². The number of carbonyl (C=O) groups is 1. The first-order chi connectivity index (χ1) is 11.9. The minimum atomic E-state index is -4.42. The van der Waals surface area contributed by atoms with Gasteiger partial charge in [-0.1, -0.05) is 0 Å². The lowest BCUT2D eigenvalue weighted by atomic mass is 10.1. The van der Waals surface area contributed by atoms with Crippen molar-refractivity contribution in [2.75, 3.05) is 13.2 Å². The predicted octanol–water partition coefficient (Wildman–Crippen LogP) is 4.12. The molecular weight excluding hydrogens is 335 g/mol. The summed E-state index contributed by atoms with van der Waals surface area (Å²) in [6.45, 7) is 1.28. The summed E-state index contributed by atoms with van der Waals surface area (Å²) in [6.07, 6.45) is -1.17. The van der Waals surface area contributed by atoms with Crippen LogP contribution in [0.3, 0.4) is 0 Å². The molecule has 1 atom stereocenters. The first kappa shape index (κ1) is 17.5. The molecule has 1 aliphatic heterocycles. The fourth-order valence-electron chi connectivity index (χ4n) is 2.83. The van der Waals surface area contributed by atoms with Gasteiger partial charge in [-0.15, -0.1) is 0 Å². The third-order valence-electron chi connectivity index (χ3n) is 4.12. The molecule has 0 spiro atoms. The average Bonchev–Trinajstić information content (AvgIpc) is 3.27. The van der Waals surface area contributed by atoms with Crippen LogP contribution in [-0.2, 0) is 17.5 Å². The molecule has 0 N–H and O–H groups in total. The highest BCUT2D eigenvalue weighted by atomic mass is 19.4. The van der Waals surface area contributed by atoms with Gasteiger partial charge in [0.25, 0.3) is 5.91 Å². The van der Waals surface area contributed by atoms with Crippen LogP contribution < -0.4 is 0 Å². The van der Waals surface area contributed by atoms with Crippen molar-refractivity contribution in [2.24, 2.45) is 0 Å². The number of hydrogen-bond acceptors (Lipinski definition) is 3. The summed E-state index contributed by atoms with van der Waals surface area (Å²) in [5, 5.41) is 0. The number of alkyl halides is 3. The van der Waals surface area contributed by atoms with Crippen LogP contribution in [0.2, 0.25) is 0 Å². The predicted molar refractivity (Wildman–Crippen MR) is 83.9 cm³/mol. The summed E-state index contributed by atoms with van der Waals surface area (Å²) in [4.78, 5) is 14.3. The number of amides is 1. The van der Waals surface area contributed by atoms with E-state index in [1.807, 2.05) is 0 Å². The highest BCUT2D eigenvalue weighted by Crippen LogP contribution is 2.29. The maximum atomic E-state index is 12.8. The molecule has 7 heteroatoms. The molecule has 0 saturated carbocycles. The van der Waals surface area contributed by atoms with E-state index in [1.54, 1.807) is 17.0 Å². The Kier molecular flexibility index (Phi) is 5.13. The highest BCUT2D eigenvalue weighted by Gasteiger charge is 2.31. The van der Waals surface area contributed by atoms with Gasteiger partial charge < -0.3 is 14.1 Å². The Hall–Kier alpha value is -2.28. The zero-order valence-corrected chi connectivity index (χ0v) is 13.5. The van der Waals surface area contributed by atoms with Gasteiger partial charge in [0.15, 0.2) is 0 Å². The summed E-state index contributed by atoms with van der Waals surface area (Å²) in [5.41, 5.74) is -0.571. The Morgan fingerprint density at radius 1 is 1.20 bits per heavy atom. The van der Waals surface area contributed by atoms with E-state index in [0.29, 0.717) is 18.9 Å². The smallest absolute Gasteiger partial charge is 0.416 e. The SMILES string of the molecule is O=C(c1ccc(C(F)(F)F)cc1)N(Cc1ccco1)C[C@H]1CCCO1. The topological polar surface area (TPSA) is 42.7 Å². The normalized spacial score (nSPS) is 17.6. The second kappa shape index (κ2) is 7.31. The molecule has 1 aliphatic rings. The zero-order chi connectivity index (χ0) is 17.9. The van der Waals surface area contributed by atoms with Crippen molar-refractivity contribution in [3.8, 4) is 0 Å². The van der Waals surface area contributed by atoms with Gasteiger partial charge in [-0.05, 0) is 49.2 Å². The Labute approximate surface area is 143 Å². The fourth-order valence-corrected chi connectivity index (χ4v) is 2.83. The molecule has 0 unspecified atom stereocenters. The molecule has 3 rings (SSSR count). The Bertz CT molecular complexity index is 689. The molecule has 1 aromatic carbocycles. The van der Waals surface area contributed by atoms with Crippen molar-refractivity contribution in [3.05, 3.63) is 59.5 Å². The quantitative estimate of drug-likeness (QED) is 0.812. The molecular formula is C18H18F3NO3. The summed E-state index contributed by atoms with van der Waals surface area (Å²) in [5.74, 6) is 0.263. The summed E-state index contributed by atoms with van der Waals surface area (Å²) in [6, 6.07) is 7.73. The van der Waals surface area contributed by atoms with Crippen molar-refractivity contribution < 1.29 is 27.1 Å². The number of hydrogen-bond donors (Lipinski definition) is 0. The molecule has 1 saturated heterocycles. The van der Waals surface area contributed by atoms with Crippen molar-refractivity contribution in [2.45, 2.75) is 31.7 Å². The van der Waals surface area contributed by atoms with E-state index in [0.717, 1.165) is 25.0 Å². The van der Waals surface area contributed by atoms with Crippen LogP contribution in [0.1, 0.15) is 34.5 Å². The molecule has 0 bridgehead atoms. The number of carbonyl (C=O) groups excluding carboxylic acids is 1. The second-order valence-corrected chi connectivity index (χ2v) is 5.98. The van der Waals surface area contributed by atoms with E-state index in [2.05, 4.69) is 0 Å². The van der Waals surface area contributed by atoms with Crippen LogP contribution in [-0.4, -0.2) is 30.1 Å². The van der Waals surface area contributed by atoms with Crippen LogP contribution in [0.25, 0.3) is 0 Å². The number of nitrogens with zero attached hydrogens (tertiary/aromatic N) is 1. The third-order valence-corrected chi connectivity index (χ3v) is 4.12. The summed E-state index contributed by atoms with van der Waals surface area (Å²) in [7, 11) is 0. The van der Waals surface area contributed by atoms with Gasteiger partial charge in [0.1, 0.15) is 5.76 Å². The molecule has 1 amide bonds. The minimum absolute atomic E-state index is 0.0617. The molecule has 134 valence electrons. The van der Waals surface area contributed by atoms with Crippen LogP contribution in [0.15, 0.2) is 47.1 Å². The van der Waals surface area contributed by atoms with Crippen molar-refractivity contribution in [3.63, 3.8) is 0 Å². The average molecular weight is 353 g/mol. The van der Waals surface area contributed by atoms with E-state index in [4.69, 9.17) is 9.15 Å². The van der Waals surface area contributed by atoms with Gasteiger partial charge in [-0.2, -0.15) is 13.2 Å². The Balaban J connectivity index is 1.77. The summed E-state index contributed by atoms with van der Waals surface area (Å²) >= 11 is 0. The highest BCUT2D eigenvalue weighted by molar-refractivity contribution is 5.94. The minimum Gasteiger partial charge on any atom is -0.467 e. The lowest BCUT2D eigenvalue weighted by Gasteiger charge is -2.25. The Morgan fingerprint density at radius 2 is 1.96 bits per heavy atom. The molecule has 0 radical (unpaired) electrons. The standard InChI is InChI=1S/C18H18F3NO3/c19-18(20,21)14-7-5-13(6-8-14)17(23)22(11-15-3-1-9-24-15)12-16-4-2-10-25-16/h1,3,5-9,16H,2,4,10-12H2/t16-/m1/s1. The number of ether oxygens (including phenoxy) is 1. The number of halogens is 3. The van der Waals surface area contributed by atoms with Crippen LogP contribution >= 0.6 is 0 Å². The van der Waals surface area contributed by atoms with Gasteiger partial charge >= 0.3 is 6.18 Å². The van der Waals surface area contributed by atoms with E-state index in [9.17, 15) is 18.0 Å². The first-order valence-electron chi connectivity index (χ1n) is 8.04. The van der Waals surface area contributed by atoms with Gasteiger partial charge in [0.2, 0.25) is 0 Å². The lowest BCUT2D eigenvalue weighted by Crippen LogP contribution is -2.36. The van der Waals surface area contributed by atoms with E-state index >= 15 is 0 Å². The van der Waals surface area contributed by atoms with E-state index in [-0.39, 0.29) is 24.1 Å². The van der Waals surface area contributed by atoms with Gasteiger partial charge in [-0.3, -0.25) is 4.79 Å². The van der Waals surface area contributed by atoms with Gasteiger partial charge in [-0.25, -0.2) is 0 Å². The molecule has 2 aromatic rings. The zero-order valence-electron chi connectivity index (χ0n) is 13.5. The number of rotatable bonds is 5. The van der Waals surface area contributed by atoms with Crippen LogP contribution in [0, 0.1) is 0 Å². The van der Waals surface area contributed by atoms with Crippen LogP contribution in [0.4, 0.5) is 13.2 Å². The van der Waals surface area contributed by atoms with Gasteiger partial charge in [0.05, 0.1) is 24.5 Å². The summed E-state index contributed by atoms with van der Waals surface area (Å²) < 4.78 is 48.9. The van der Waals surface area contributed by atoms with E-state index < -0.39 is 11.7 Å². The largest absolute Gasteiger partial charge is 0.467 e. The lowest BCUT2D eigenvalue weighted by molar-refractivity contribution is -0.137. The van der Waals surface area contributed by atoms with E-state index in [1.165, 1.54) is 18.4 Å². The third kappa shape index (κ3) is 4.42. The molecule has 4 nitrogen and oxygen atoms in total. The molecule has 1 aromatic heterocycles. The Morgan fingerprint density at radius 3 is 2.52 bits per heavy atom.